The largest absolute Gasteiger partial charge is 0.370 e. The minimum absolute atomic E-state index is 0.232. The number of benzene rings is 2. The van der Waals surface area contributed by atoms with Gasteiger partial charge in [-0.15, -0.1) is 0 Å². The summed E-state index contributed by atoms with van der Waals surface area (Å²) in [7, 11) is 0. The summed E-state index contributed by atoms with van der Waals surface area (Å²) < 4.78 is 53.1. The van der Waals surface area contributed by atoms with Gasteiger partial charge in [-0.25, -0.2) is 27.5 Å². The van der Waals surface area contributed by atoms with E-state index in [4.69, 9.17) is 0 Å². The molecule has 0 amide bonds. The number of halogens is 4. The van der Waals surface area contributed by atoms with Gasteiger partial charge in [-0.3, -0.25) is 0 Å². The van der Waals surface area contributed by atoms with E-state index in [1.807, 2.05) is 0 Å². The van der Waals surface area contributed by atoms with Crippen molar-refractivity contribution >= 4 is 17.3 Å². The first kappa shape index (κ1) is 18.6. The molecule has 27 heavy (non-hydrogen) atoms. The average molecular weight is 376 g/mol. The first-order valence-electron chi connectivity index (χ1n) is 8.17. The fraction of sp³-hybridized carbons (Fsp3) is 0.158. The monoisotopic (exact) mass is 376 g/mol. The van der Waals surface area contributed by atoms with Crippen molar-refractivity contribution in [3.8, 4) is 0 Å². The quantitative estimate of drug-likeness (QED) is 0.482. The van der Waals surface area contributed by atoms with E-state index in [0.717, 1.165) is 17.7 Å². The van der Waals surface area contributed by atoms with Gasteiger partial charge in [0.2, 0.25) is 0 Å². The molecular formula is C19H16F4N4. The minimum atomic E-state index is -1.55. The van der Waals surface area contributed by atoms with Gasteiger partial charge < -0.3 is 10.6 Å². The van der Waals surface area contributed by atoms with Crippen molar-refractivity contribution in [1.29, 1.82) is 0 Å². The van der Waals surface area contributed by atoms with Crippen LogP contribution >= 0.6 is 0 Å². The highest BCUT2D eigenvalue weighted by Crippen LogP contribution is 2.23. The Morgan fingerprint density at radius 2 is 1.56 bits per heavy atom. The summed E-state index contributed by atoms with van der Waals surface area (Å²) in [6.07, 6.45) is 0.643. The molecule has 3 aromatic rings. The molecule has 0 unspecified atom stereocenters. The lowest BCUT2D eigenvalue weighted by atomic mass is 10.1. The summed E-state index contributed by atoms with van der Waals surface area (Å²) >= 11 is 0. The average Bonchev–Trinajstić information content (AvgIpc) is 2.63. The van der Waals surface area contributed by atoms with Gasteiger partial charge in [-0.1, -0.05) is 12.1 Å². The highest BCUT2D eigenvalue weighted by atomic mass is 19.2. The number of hydrogen-bond donors (Lipinski definition) is 2. The molecule has 0 aliphatic rings. The number of nitrogens with one attached hydrogen (secondary N) is 2. The molecule has 2 N–H and O–H groups in total. The van der Waals surface area contributed by atoms with Crippen molar-refractivity contribution in [3.63, 3.8) is 0 Å². The van der Waals surface area contributed by atoms with Gasteiger partial charge in [0.15, 0.2) is 17.5 Å². The SMILES string of the molecule is Cc1nc(NCCc2ccc(F)cc2)cc(Nc2ccc(F)c(F)c2F)n1. The molecule has 1 heterocycles. The van der Waals surface area contributed by atoms with E-state index in [1.165, 1.54) is 18.2 Å². The number of anilines is 3. The molecule has 0 saturated heterocycles. The molecule has 0 aliphatic carbocycles. The minimum Gasteiger partial charge on any atom is -0.370 e. The summed E-state index contributed by atoms with van der Waals surface area (Å²) in [5.41, 5.74) is 0.723. The number of hydrogen-bond acceptors (Lipinski definition) is 4. The third-order valence-corrected chi connectivity index (χ3v) is 3.77. The molecule has 0 fully saturated rings. The van der Waals surface area contributed by atoms with E-state index in [-0.39, 0.29) is 17.3 Å². The van der Waals surface area contributed by atoms with Crippen LogP contribution in [0.1, 0.15) is 11.4 Å². The zero-order valence-corrected chi connectivity index (χ0v) is 14.4. The van der Waals surface area contributed by atoms with Gasteiger partial charge in [-0.2, -0.15) is 0 Å². The lowest BCUT2D eigenvalue weighted by molar-refractivity contribution is 0.449. The number of nitrogens with zero attached hydrogens (tertiary/aromatic N) is 2. The van der Waals surface area contributed by atoms with Crippen molar-refractivity contribution in [1.82, 2.24) is 9.97 Å². The molecule has 0 bridgehead atoms. The van der Waals surface area contributed by atoms with Crippen LogP contribution < -0.4 is 10.6 Å². The van der Waals surface area contributed by atoms with E-state index in [0.29, 0.717) is 24.6 Å². The maximum atomic E-state index is 13.8. The van der Waals surface area contributed by atoms with Crippen molar-refractivity contribution in [2.75, 3.05) is 17.2 Å². The van der Waals surface area contributed by atoms with Crippen LogP contribution in [-0.2, 0) is 6.42 Å². The van der Waals surface area contributed by atoms with E-state index in [9.17, 15) is 17.6 Å². The van der Waals surface area contributed by atoms with E-state index in [1.54, 1.807) is 19.1 Å². The summed E-state index contributed by atoms with van der Waals surface area (Å²) in [5.74, 6) is -3.31. The van der Waals surface area contributed by atoms with Crippen molar-refractivity contribution in [3.05, 3.63) is 77.1 Å². The first-order chi connectivity index (χ1) is 12.9. The molecular weight excluding hydrogens is 360 g/mol. The fourth-order valence-electron chi connectivity index (χ4n) is 2.47. The van der Waals surface area contributed by atoms with Gasteiger partial charge in [0.25, 0.3) is 0 Å². The molecule has 2 aromatic carbocycles. The smallest absolute Gasteiger partial charge is 0.196 e. The molecule has 3 rings (SSSR count). The highest BCUT2D eigenvalue weighted by molar-refractivity contribution is 5.60. The second kappa shape index (κ2) is 8.03. The molecule has 4 nitrogen and oxygen atoms in total. The maximum Gasteiger partial charge on any atom is 0.196 e. The zero-order chi connectivity index (χ0) is 19.4. The fourth-order valence-corrected chi connectivity index (χ4v) is 2.47. The lowest BCUT2D eigenvalue weighted by Gasteiger charge is -2.11. The van der Waals surface area contributed by atoms with Gasteiger partial charge in [0.1, 0.15) is 23.3 Å². The van der Waals surface area contributed by atoms with Crippen LogP contribution in [0.2, 0.25) is 0 Å². The van der Waals surface area contributed by atoms with Crippen LogP contribution in [0.4, 0.5) is 34.9 Å². The van der Waals surface area contributed by atoms with Crippen LogP contribution in [0.25, 0.3) is 0 Å². The Balaban J connectivity index is 1.69. The molecule has 8 heteroatoms. The van der Waals surface area contributed by atoms with Gasteiger partial charge in [-0.05, 0) is 43.2 Å². The molecule has 0 atom stereocenters. The number of aryl methyl sites for hydroxylation is 1. The van der Waals surface area contributed by atoms with Crippen molar-refractivity contribution in [2.45, 2.75) is 13.3 Å². The third-order valence-electron chi connectivity index (χ3n) is 3.77. The summed E-state index contributed by atoms with van der Waals surface area (Å²) in [6, 6.07) is 9.62. The standard InChI is InChI=1S/C19H16F4N4/c1-11-25-16(24-9-8-12-2-4-13(20)5-3-12)10-17(26-11)27-15-7-6-14(21)18(22)19(15)23/h2-7,10H,8-9H2,1H3,(H2,24,25,26,27). The van der Waals surface area contributed by atoms with E-state index in [2.05, 4.69) is 20.6 Å². The van der Waals surface area contributed by atoms with Crippen molar-refractivity contribution < 1.29 is 17.6 Å². The van der Waals surface area contributed by atoms with Crippen LogP contribution in [0.15, 0.2) is 42.5 Å². The zero-order valence-electron chi connectivity index (χ0n) is 14.4. The predicted molar refractivity (Wildman–Crippen MR) is 95.0 cm³/mol. The predicted octanol–water partition coefficient (Wildman–Crippen LogP) is 4.74. The summed E-state index contributed by atoms with van der Waals surface area (Å²) in [5, 5.41) is 5.72. The van der Waals surface area contributed by atoms with E-state index < -0.39 is 17.5 Å². The summed E-state index contributed by atoms with van der Waals surface area (Å²) in [4.78, 5) is 8.34. The highest BCUT2D eigenvalue weighted by Gasteiger charge is 2.14. The Morgan fingerprint density at radius 3 is 2.30 bits per heavy atom. The first-order valence-corrected chi connectivity index (χ1v) is 8.17. The summed E-state index contributed by atoms with van der Waals surface area (Å²) in [6.45, 7) is 2.18. The Kier molecular flexibility index (Phi) is 5.54. The molecule has 0 aliphatic heterocycles. The van der Waals surface area contributed by atoms with Crippen LogP contribution in [0.3, 0.4) is 0 Å². The van der Waals surface area contributed by atoms with Gasteiger partial charge >= 0.3 is 0 Å². The second-order valence-electron chi connectivity index (χ2n) is 5.84. The number of aromatic nitrogens is 2. The van der Waals surface area contributed by atoms with Crippen LogP contribution in [0.5, 0.6) is 0 Å². The van der Waals surface area contributed by atoms with Crippen LogP contribution in [-0.4, -0.2) is 16.5 Å². The Labute approximate surface area is 153 Å². The van der Waals surface area contributed by atoms with Gasteiger partial charge in [0, 0.05) is 12.6 Å². The Morgan fingerprint density at radius 1 is 0.852 bits per heavy atom. The third kappa shape index (κ3) is 4.72. The normalized spacial score (nSPS) is 10.7. The molecule has 140 valence electrons. The second-order valence-corrected chi connectivity index (χ2v) is 5.84. The molecule has 0 saturated carbocycles. The van der Waals surface area contributed by atoms with Crippen LogP contribution in [0, 0.1) is 30.2 Å². The topological polar surface area (TPSA) is 49.8 Å². The Bertz CT molecular complexity index is 945. The van der Waals surface area contributed by atoms with Gasteiger partial charge in [0.05, 0.1) is 5.69 Å². The molecule has 0 radical (unpaired) electrons. The van der Waals surface area contributed by atoms with Crippen molar-refractivity contribution in [2.24, 2.45) is 0 Å². The Hall–Kier alpha value is -3.16. The lowest BCUT2D eigenvalue weighted by Crippen LogP contribution is -2.09. The molecule has 1 aromatic heterocycles. The molecule has 0 spiro atoms. The number of rotatable bonds is 6. The maximum absolute atomic E-state index is 13.8. The van der Waals surface area contributed by atoms with E-state index >= 15 is 0 Å².